The monoisotopic (exact) mass is 303 g/mol. The summed E-state index contributed by atoms with van der Waals surface area (Å²) in [6.07, 6.45) is 7.23. The molecule has 1 rings (SSSR count). The van der Waals surface area contributed by atoms with Gasteiger partial charge in [-0.15, -0.1) is 0 Å². The van der Waals surface area contributed by atoms with E-state index in [1.807, 2.05) is 11.8 Å². The summed E-state index contributed by atoms with van der Waals surface area (Å²) in [4.78, 5) is 4.66. The van der Waals surface area contributed by atoms with E-state index >= 15 is 0 Å². The predicted octanol–water partition coefficient (Wildman–Crippen LogP) is 2.97. The van der Waals surface area contributed by atoms with Gasteiger partial charge >= 0.3 is 0 Å². The van der Waals surface area contributed by atoms with E-state index < -0.39 is 0 Å². The molecule has 112 valence electrons. The maximum absolute atomic E-state index is 4.66. The third-order valence-corrected chi connectivity index (χ3v) is 5.18. The molecule has 2 N–H and O–H groups in total. The minimum Gasteiger partial charge on any atom is -0.357 e. The Morgan fingerprint density at radius 2 is 2.16 bits per heavy atom. The van der Waals surface area contributed by atoms with Crippen molar-refractivity contribution < 1.29 is 0 Å². The van der Waals surface area contributed by atoms with Crippen LogP contribution in [-0.2, 0) is 0 Å². The molecule has 1 saturated carbocycles. The first-order valence-corrected chi connectivity index (χ1v) is 9.89. The summed E-state index contributed by atoms with van der Waals surface area (Å²) >= 11 is 4.00. The van der Waals surface area contributed by atoms with Crippen LogP contribution in [0.4, 0.5) is 0 Å². The van der Waals surface area contributed by atoms with Crippen molar-refractivity contribution in [3.63, 3.8) is 0 Å². The van der Waals surface area contributed by atoms with Gasteiger partial charge in [0.05, 0.1) is 0 Å². The van der Waals surface area contributed by atoms with Gasteiger partial charge in [0.25, 0.3) is 0 Å². The normalized spacial score (nSPS) is 23.6. The maximum Gasteiger partial charge on any atom is 0.191 e. The van der Waals surface area contributed by atoms with Crippen LogP contribution in [0.1, 0.15) is 39.5 Å². The van der Waals surface area contributed by atoms with Crippen LogP contribution >= 0.6 is 23.5 Å². The first-order chi connectivity index (χ1) is 9.30. The summed E-state index contributed by atoms with van der Waals surface area (Å²) in [6.45, 7) is 6.25. The fourth-order valence-electron chi connectivity index (χ4n) is 2.37. The highest BCUT2D eigenvalue weighted by molar-refractivity contribution is 7.99. The van der Waals surface area contributed by atoms with E-state index in [2.05, 4.69) is 47.5 Å². The smallest absolute Gasteiger partial charge is 0.191 e. The molecular formula is C14H29N3S2. The fourth-order valence-corrected chi connectivity index (χ4v) is 3.93. The molecule has 0 radical (unpaired) electrons. The van der Waals surface area contributed by atoms with Gasteiger partial charge in [-0.1, -0.05) is 6.92 Å². The Balaban J connectivity index is 2.32. The van der Waals surface area contributed by atoms with E-state index in [4.69, 9.17) is 0 Å². The van der Waals surface area contributed by atoms with Crippen molar-refractivity contribution >= 4 is 29.5 Å². The summed E-state index contributed by atoms with van der Waals surface area (Å²) in [6, 6.07) is 0.613. The first kappa shape index (κ1) is 17.0. The molecule has 0 spiro atoms. The molecule has 0 heterocycles. The van der Waals surface area contributed by atoms with Gasteiger partial charge in [-0.25, -0.2) is 0 Å². The van der Waals surface area contributed by atoms with E-state index in [0.717, 1.165) is 30.7 Å². The van der Waals surface area contributed by atoms with Crippen LogP contribution in [-0.4, -0.2) is 48.1 Å². The second-order valence-electron chi connectivity index (χ2n) is 4.84. The van der Waals surface area contributed by atoms with Crippen molar-refractivity contribution in [2.24, 2.45) is 4.99 Å². The van der Waals surface area contributed by atoms with Crippen LogP contribution in [0.15, 0.2) is 4.99 Å². The Labute approximate surface area is 127 Å². The minimum atomic E-state index is 0.613. The quantitative estimate of drug-likeness (QED) is 0.411. The number of nitrogens with one attached hydrogen (secondary N) is 2. The third kappa shape index (κ3) is 7.35. The summed E-state index contributed by atoms with van der Waals surface area (Å²) in [5, 5.41) is 7.81. The highest BCUT2D eigenvalue weighted by Gasteiger charge is 2.24. The molecule has 0 aromatic carbocycles. The van der Waals surface area contributed by atoms with Crippen LogP contribution in [0, 0.1) is 0 Å². The highest BCUT2D eigenvalue weighted by Crippen LogP contribution is 2.29. The Morgan fingerprint density at radius 1 is 1.32 bits per heavy atom. The van der Waals surface area contributed by atoms with Crippen molar-refractivity contribution in [3.05, 3.63) is 0 Å². The second kappa shape index (κ2) is 10.7. The fraction of sp³-hybridized carbons (Fsp3) is 0.929. The summed E-state index contributed by atoms with van der Waals surface area (Å²) in [7, 11) is 0. The lowest BCUT2D eigenvalue weighted by molar-refractivity contribution is 0.615. The van der Waals surface area contributed by atoms with E-state index in [0.29, 0.717) is 6.04 Å². The molecule has 0 aromatic rings. The Kier molecular flexibility index (Phi) is 9.61. The van der Waals surface area contributed by atoms with Crippen LogP contribution in [0.5, 0.6) is 0 Å². The largest absolute Gasteiger partial charge is 0.357 e. The number of hydrogen-bond donors (Lipinski definition) is 2. The first-order valence-electron chi connectivity index (χ1n) is 7.45. The zero-order valence-corrected chi connectivity index (χ0v) is 14.2. The Morgan fingerprint density at radius 3 is 2.84 bits per heavy atom. The van der Waals surface area contributed by atoms with Gasteiger partial charge < -0.3 is 10.6 Å². The molecule has 0 aliphatic heterocycles. The molecule has 0 aromatic heterocycles. The van der Waals surface area contributed by atoms with Crippen molar-refractivity contribution in [2.75, 3.05) is 30.9 Å². The molecule has 3 nitrogen and oxygen atoms in total. The van der Waals surface area contributed by atoms with Crippen molar-refractivity contribution in [1.29, 1.82) is 0 Å². The summed E-state index contributed by atoms with van der Waals surface area (Å²) < 4.78 is 0. The standard InChI is InChI=1S/C14H29N3S2/c1-4-15-14(16-9-6-10-18-3)17-12-7-8-13(11-12)19-5-2/h12-13H,4-11H2,1-3H3,(H2,15,16,17). The van der Waals surface area contributed by atoms with Gasteiger partial charge in [0.1, 0.15) is 0 Å². The maximum atomic E-state index is 4.66. The number of aliphatic imine (C=N–C) groups is 1. The van der Waals surface area contributed by atoms with Gasteiger partial charge in [-0.3, -0.25) is 4.99 Å². The lowest BCUT2D eigenvalue weighted by Crippen LogP contribution is -2.42. The molecule has 0 saturated heterocycles. The number of guanidine groups is 1. The van der Waals surface area contributed by atoms with Crippen molar-refractivity contribution in [1.82, 2.24) is 10.6 Å². The Bertz CT molecular complexity index is 259. The summed E-state index contributed by atoms with van der Waals surface area (Å²) in [5.41, 5.74) is 0. The van der Waals surface area contributed by atoms with Crippen molar-refractivity contribution in [2.45, 2.75) is 50.8 Å². The number of hydrogen-bond acceptors (Lipinski definition) is 3. The van der Waals surface area contributed by atoms with Crippen molar-refractivity contribution in [3.8, 4) is 0 Å². The molecule has 1 aliphatic rings. The average molecular weight is 304 g/mol. The number of nitrogens with zero attached hydrogens (tertiary/aromatic N) is 1. The van der Waals surface area contributed by atoms with Gasteiger partial charge in [0.15, 0.2) is 5.96 Å². The van der Waals surface area contributed by atoms with Gasteiger partial charge in [0.2, 0.25) is 0 Å². The van der Waals surface area contributed by atoms with Gasteiger partial charge in [-0.2, -0.15) is 23.5 Å². The van der Waals surface area contributed by atoms with Crippen LogP contribution in [0.3, 0.4) is 0 Å². The molecule has 0 bridgehead atoms. The number of thioether (sulfide) groups is 2. The zero-order valence-electron chi connectivity index (χ0n) is 12.6. The van der Waals surface area contributed by atoms with Crippen LogP contribution in [0.25, 0.3) is 0 Å². The zero-order chi connectivity index (χ0) is 13.9. The van der Waals surface area contributed by atoms with E-state index in [1.165, 1.54) is 30.8 Å². The Hall–Kier alpha value is -0.0300. The van der Waals surface area contributed by atoms with Gasteiger partial charge in [0, 0.05) is 24.4 Å². The summed E-state index contributed by atoms with van der Waals surface area (Å²) in [5.74, 6) is 3.44. The van der Waals surface area contributed by atoms with E-state index in [1.54, 1.807) is 0 Å². The van der Waals surface area contributed by atoms with Crippen LogP contribution < -0.4 is 10.6 Å². The predicted molar refractivity (Wildman–Crippen MR) is 91.7 cm³/mol. The molecule has 2 unspecified atom stereocenters. The molecule has 19 heavy (non-hydrogen) atoms. The lowest BCUT2D eigenvalue weighted by atomic mass is 10.2. The van der Waals surface area contributed by atoms with Gasteiger partial charge in [-0.05, 0) is 50.4 Å². The lowest BCUT2D eigenvalue weighted by Gasteiger charge is -2.17. The topological polar surface area (TPSA) is 36.4 Å². The SMILES string of the molecule is CCNC(=NCCCSC)NC1CCC(SCC)C1. The highest BCUT2D eigenvalue weighted by atomic mass is 32.2. The molecule has 1 fully saturated rings. The third-order valence-electron chi connectivity index (χ3n) is 3.25. The molecule has 2 atom stereocenters. The minimum absolute atomic E-state index is 0.613. The van der Waals surface area contributed by atoms with E-state index in [9.17, 15) is 0 Å². The molecule has 1 aliphatic carbocycles. The number of rotatable bonds is 8. The van der Waals surface area contributed by atoms with E-state index in [-0.39, 0.29) is 0 Å². The molecule has 0 amide bonds. The molecular weight excluding hydrogens is 274 g/mol. The van der Waals surface area contributed by atoms with Crippen LogP contribution in [0.2, 0.25) is 0 Å². The second-order valence-corrected chi connectivity index (χ2v) is 7.40. The molecule has 5 heteroatoms. The average Bonchev–Trinajstić information content (AvgIpc) is 2.83.